The van der Waals surface area contributed by atoms with Gasteiger partial charge in [0.25, 0.3) is 26.8 Å². The summed E-state index contributed by atoms with van der Waals surface area (Å²) in [6.45, 7) is 0.880. The Bertz CT molecular complexity index is 2460. The van der Waals surface area contributed by atoms with Gasteiger partial charge < -0.3 is 24.0 Å². The Morgan fingerprint density at radius 2 is 1.28 bits per heavy atom. The van der Waals surface area contributed by atoms with E-state index in [2.05, 4.69) is 19.6 Å². The van der Waals surface area contributed by atoms with Gasteiger partial charge in [-0.05, 0) is 130 Å². The van der Waals surface area contributed by atoms with Gasteiger partial charge in [0.05, 0.1) is 31.6 Å². The number of ether oxygens (including phenoxy) is 3. The lowest BCUT2D eigenvalue weighted by molar-refractivity contribution is -0.0368. The Kier molecular flexibility index (Phi) is 19.6. The maximum absolute atomic E-state index is 14.1. The molecule has 1 aromatic heterocycles. The topological polar surface area (TPSA) is 176 Å². The van der Waals surface area contributed by atoms with Crippen molar-refractivity contribution < 1.29 is 57.8 Å². The van der Waals surface area contributed by atoms with Crippen LogP contribution in [0.25, 0.3) is 0 Å². The van der Waals surface area contributed by atoms with Crippen LogP contribution in [0.15, 0.2) is 60.8 Å². The first kappa shape index (κ1) is 55.6. The number of rotatable bonds is 21. The third-order valence-corrected chi connectivity index (χ3v) is 17.9. The fourth-order valence-corrected chi connectivity index (χ4v) is 12.7. The zero-order valence-corrected chi connectivity index (χ0v) is 42.8. The second-order valence-corrected chi connectivity index (χ2v) is 23.4. The molecule has 400 valence electrons. The average molecular weight is 1060 g/mol. The lowest BCUT2D eigenvalue weighted by atomic mass is 9.82. The number of carbonyl (C=O) groups is 1. The minimum atomic E-state index is -4.19. The number of aromatic nitrogens is 2. The second kappa shape index (κ2) is 25.4. The quantitative estimate of drug-likeness (QED) is 0.106. The third-order valence-electron chi connectivity index (χ3n) is 14.7. The fraction of sp³-hybridized carbons (Fsp3) is 0.653. The molecule has 0 spiro atoms. The molecule has 16 nitrogen and oxygen atoms in total. The number of anilines is 1. The highest BCUT2D eigenvalue weighted by Gasteiger charge is 2.39. The Hall–Kier alpha value is -4.10. The molecule has 2 aliphatic carbocycles. The van der Waals surface area contributed by atoms with Crippen molar-refractivity contribution in [3.63, 3.8) is 0 Å². The fourth-order valence-electron chi connectivity index (χ4n) is 10.3. The predicted octanol–water partition coefficient (Wildman–Crippen LogP) is 6.92. The van der Waals surface area contributed by atoms with E-state index in [1.165, 1.54) is 37.3 Å². The van der Waals surface area contributed by atoms with Crippen molar-refractivity contribution in [3.05, 3.63) is 89.1 Å². The monoisotopic (exact) mass is 1060 g/mol. The van der Waals surface area contributed by atoms with Gasteiger partial charge in [0.1, 0.15) is 18.3 Å². The summed E-state index contributed by atoms with van der Waals surface area (Å²) in [7, 11) is -5.49. The highest BCUT2D eigenvalue weighted by molar-refractivity contribution is 7.87. The van der Waals surface area contributed by atoms with Gasteiger partial charge in [0, 0.05) is 77.3 Å². The smallest absolute Gasteiger partial charge is 0.410 e. The zero-order valence-electron chi connectivity index (χ0n) is 41.1. The molecule has 0 radical (unpaired) electrons. The van der Waals surface area contributed by atoms with Crippen LogP contribution in [-0.4, -0.2) is 150 Å². The van der Waals surface area contributed by atoms with Gasteiger partial charge in [0.2, 0.25) is 0 Å². The summed E-state index contributed by atoms with van der Waals surface area (Å²) in [4.78, 5) is 16.2. The molecule has 2 saturated heterocycles. The number of piperidine rings is 2. The zero-order chi connectivity index (χ0) is 51.6. The Morgan fingerprint density at radius 3 is 1.81 bits per heavy atom. The summed E-state index contributed by atoms with van der Waals surface area (Å²) in [5, 5.41) is 8.58. The molecule has 2 N–H and O–H groups in total. The van der Waals surface area contributed by atoms with Crippen molar-refractivity contribution in [1.82, 2.24) is 33.2 Å². The van der Waals surface area contributed by atoms with E-state index in [-0.39, 0.29) is 87.4 Å². The summed E-state index contributed by atoms with van der Waals surface area (Å²) in [5.74, 6) is -0.646. The number of benzene rings is 2. The molecular formula is C49H69F5N8O8S2. The predicted molar refractivity (Wildman–Crippen MR) is 260 cm³/mol. The SMILES string of the molecule is C[C@@H](OC(=O)N1CC[C@H](NS(=O)(=O)N(C)Cc2cnnc(N3CCC(NS(=O)(=O)N(C)CCF)C(CO[C@H]4CC[C@@H](c5cccc(F)c5)CC4)C3)c2)[C@H](CO[C@H]2CC[C@@H](c3cccc(F)c3)CC2)C1)C(F)F. The van der Waals surface area contributed by atoms with Gasteiger partial charge in [-0.25, -0.2) is 26.7 Å². The Morgan fingerprint density at radius 1 is 0.750 bits per heavy atom. The number of hydrogen-bond acceptors (Lipinski definition) is 11. The molecule has 2 aromatic carbocycles. The number of nitrogens with zero attached hydrogens (tertiary/aromatic N) is 6. The van der Waals surface area contributed by atoms with E-state index in [4.69, 9.17) is 14.2 Å². The molecule has 5 atom stereocenters. The molecule has 23 heteroatoms. The third kappa shape index (κ3) is 15.3. The van der Waals surface area contributed by atoms with Crippen molar-refractivity contribution in [1.29, 1.82) is 0 Å². The van der Waals surface area contributed by atoms with Crippen LogP contribution in [0.1, 0.15) is 99.7 Å². The van der Waals surface area contributed by atoms with E-state index in [0.29, 0.717) is 43.7 Å². The lowest BCUT2D eigenvalue weighted by Gasteiger charge is -2.40. The van der Waals surface area contributed by atoms with Crippen LogP contribution < -0.4 is 14.3 Å². The molecule has 72 heavy (non-hydrogen) atoms. The molecule has 7 rings (SSSR count). The van der Waals surface area contributed by atoms with Crippen LogP contribution >= 0.6 is 0 Å². The Labute approximate surface area is 420 Å². The first-order valence-electron chi connectivity index (χ1n) is 24.9. The number of alkyl halides is 3. The standard InChI is InChI=1S/C49H69F5N8O8S2/c1-33(48(53)54)70-49(63)62-22-19-46(40(30-62)32-69-44-16-12-36(13-17-44)38-7-5-9-42(52)26-38)58-72(66,67)60(3)28-34-24-47(56-55-27-34)61-21-18-45(57-71(64,65)59(2)23-20-50)39(29-61)31-68-43-14-10-35(11-15-43)37-6-4-8-41(51)25-37/h4-9,24-27,33,35-36,39-40,43-46,48,57-58H,10-23,28-32H2,1-3H3/t33-,35-,36-,39?,40+,43+,44+,45?,46+/m1/s1. The van der Waals surface area contributed by atoms with E-state index in [1.807, 2.05) is 17.0 Å². The number of carbonyl (C=O) groups excluding carboxylic acids is 1. The minimum Gasteiger partial charge on any atom is -0.440 e. The van der Waals surface area contributed by atoms with Crippen molar-refractivity contribution in [3.8, 4) is 0 Å². The van der Waals surface area contributed by atoms with Gasteiger partial charge >= 0.3 is 6.09 Å². The van der Waals surface area contributed by atoms with Crippen LogP contribution in [-0.2, 0) is 41.2 Å². The van der Waals surface area contributed by atoms with E-state index < -0.39 is 63.7 Å². The largest absolute Gasteiger partial charge is 0.440 e. The van der Waals surface area contributed by atoms with Crippen molar-refractivity contribution in [2.45, 2.75) is 126 Å². The molecule has 3 heterocycles. The first-order valence-corrected chi connectivity index (χ1v) is 27.8. The number of likely N-dealkylation sites (tertiary alicyclic amines) is 1. The molecular weight excluding hydrogens is 988 g/mol. The summed E-state index contributed by atoms with van der Waals surface area (Å²) in [6.07, 6.45) is 2.36. The van der Waals surface area contributed by atoms with Crippen LogP contribution in [0.5, 0.6) is 0 Å². The maximum Gasteiger partial charge on any atom is 0.410 e. The number of hydrogen-bond donors (Lipinski definition) is 2. The molecule has 2 unspecified atom stereocenters. The van der Waals surface area contributed by atoms with E-state index in [1.54, 1.807) is 30.3 Å². The average Bonchev–Trinajstić information content (AvgIpc) is 3.36. The van der Waals surface area contributed by atoms with E-state index in [9.17, 15) is 43.6 Å². The van der Waals surface area contributed by atoms with Crippen molar-refractivity contribution in [2.75, 3.05) is 71.6 Å². The van der Waals surface area contributed by atoms with Gasteiger partial charge in [-0.1, -0.05) is 24.3 Å². The summed E-state index contributed by atoms with van der Waals surface area (Å²) >= 11 is 0. The summed E-state index contributed by atoms with van der Waals surface area (Å²) in [6, 6.07) is 13.7. The Balaban J connectivity index is 0.980. The van der Waals surface area contributed by atoms with Crippen LogP contribution in [0.2, 0.25) is 0 Å². The molecule has 0 bridgehead atoms. The normalized spacial score (nSPS) is 26.0. The van der Waals surface area contributed by atoms with Crippen molar-refractivity contribution >= 4 is 32.3 Å². The maximum atomic E-state index is 14.1. The molecule has 4 fully saturated rings. The van der Waals surface area contributed by atoms with Gasteiger partial charge in [-0.3, -0.25) is 0 Å². The van der Waals surface area contributed by atoms with Gasteiger partial charge in [0.15, 0.2) is 11.9 Å². The van der Waals surface area contributed by atoms with Crippen LogP contribution in [0.4, 0.5) is 32.6 Å². The lowest BCUT2D eigenvalue weighted by Crippen LogP contribution is -2.56. The summed E-state index contributed by atoms with van der Waals surface area (Å²) < 4.78 is 148. The van der Waals surface area contributed by atoms with Gasteiger partial charge in [-0.2, -0.15) is 40.0 Å². The van der Waals surface area contributed by atoms with E-state index in [0.717, 1.165) is 65.2 Å². The molecule has 4 aliphatic rings. The highest BCUT2D eigenvalue weighted by Crippen LogP contribution is 2.37. The summed E-state index contributed by atoms with van der Waals surface area (Å²) in [5.41, 5.74) is 2.41. The first-order chi connectivity index (χ1) is 34.4. The van der Waals surface area contributed by atoms with Crippen LogP contribution in [0, 0.1) is 23.5 Å². The second-order valence-electron chi connectivity index (χ2n) is 19.8. The molecule has 3 aromatic rings. The number of halogens is 5. The van der Waals surface area contributed by atoms with Gasteiger partial charge in [-0.15, -0.1) is 5.10 Å². The molecule has 1 amide bonds. The number of nitrogens with one attached hydrogen (secondary N) is 2. The van der Waals surface area contributed by atoms with Crippen molar-refractivity contribution in [2.24, 2.45) is 11.8 Å². The highest BCUT2D eigenvalue weighted by atomic mass is 32.2. The van der Waals surface area contributed by atoms with Crippen LogP contribution in [0.3, 0.4) is 0 Å². The molecule has 2 aliphatic heterocycles. The number of amides is 1. The van der Waals surface area contributed by atoms with E-state index >= 15 is 0 Å². The molecule has 2 saturated carbocycles. The minimum absolute atomic E-state index is 0.00184.